The predicted molar refractivity (Wildman–Crippen MR) is 118 cm³/mol. The Labute approximate surface area is 193 Å². The summed E-state index contributed by atoms with van der Waals surface area (Å²) >= 11 is 5.93. The Kier molecular flexibility index (Phi) is 6.29. The highest BCUT2D eigenvalue weighted by atomic mass is 35.5. The minimum Gasteiger partial charge on any atom is -0.355 e. The summed E-state index contributed by atoms with van der Waals surface area (Å²) in [5, 5.41) is 13.6. The van der Waals surface area contributed by atoms with Crippen molar-refractivity contribution >= 4 is 23.5 Å². The monoisotopic (exact) mass is 478 g/mol. The van der Waals surface area contributed by atoms with Crippen LogP contribution in [-0.2, 0) is 4.79 Å². The van der Waals surface area contributed by atoms with Crippen LogP contribution in [0.5, 0.6) is 0 Å². The number of aromatic amines is 1. The molecule has 1 saturated heterocycles. The third-order valence-electron chi connectivity index (χ3n) is 5.93. The molecule has 3 unspecified atom stereocenters. The van der Waals surface area contributed by atoms with Gasteiger partial charge in [-0.15, -0.1) is 0 Å². The van der Waals surface area contributed by atoms with Crippen LogP contribution in [0.4, 0.5) is 19.1 Å². The Morgan fingerprint density at radius 2 is 1.91 bits per heavy atom. The molecule has 0 saturated carbocycles. The van der Waals surface area contributed by atoms with E-state index < -0.39 is 29.8 Å². The average molecular weight is 479 g/mol. The maximum Gasteiger partial charge on any atom is 0.391 e. The second kappa shape index (κ2) is 9.01. The molecular weight excluding hydrogens is 457 g/mol. The van der Waals surface area contributed by atoms with E-state index in [0.717, 1.165) is 23.9 Å². The lowest BCUT2D eigenvalue weighted by molar-refractivity contribution is -0.183. The van der Waals surface area contributed by atoms with Crippen LogP contribution in [0, 0.1) is 11.8 Å². The van der Waals surface area contributed by atoms with Gasteiger partial charge in [-0.25, -0.2) is 9.97 Å². The van der Waals surface area contributed by atoms with Crippen LogP contribution >= 0.6 is 11.6 Å². The molecule has 11 heteroatoms. The fourth-order valence-corrected chi connectivity index (χ4v) is 4.04. The van der Waals surface area contributed by atoms with Crippen molar-refractivity contribution < 1.29 is 18.0 Å². The Hall–Kier alpha value is -3.14. The van der Waals surface area contributed by atoms with E-state index >= 15 is 0 Å². The van der Waals surface area contributed by atoms with Gasteiger partial charge in [0.15, 0.2) is 0 Å². The maximum absolute atomic E-state index is 13.3. The van der Waals surface area contributed by atoms with E-state index in [0.29, 0.717) is 5.02 Å². The molecule has 4 rings (SSSR count). The molecule has 0 bridgehead atoms. The van der Waals surface area contributed by atoms with Gasteiger partial charge in [0, 0.05) is 29.2 Å². The van der Waals surface area contributed by atoms with E-state index in [1.807, 2.05) is 25.1 Å². The van der Waals surface area contributed by atoms with Crippen molar-refractivity contribution in [1.29, 1.82) is 0 Å². The number of carbonyl (C=O) groups excluding carboxylic acids is 1. The summed E-state index contributed by atoms with van der Waals surface area (Å²) in [5.74, 6) is -3.84. The van der Waals surface area contributed by atoms with Gasteiger partial charge in [0.1, 0.15) is 0 Å². The number of hydrogen-bond donors (Lipinski definition) is 3. The average Bonchev–Trinajstić information content (AvgIpc) is 3.40. The van der Waals surface area contributed by atoms with Crippen molar-refractivity contribution in [3.63, 3.8) is 0 Å². The number of H-pyrrole nitrogens is 1. The molecule has 4 atom stereocenters. The number of nitrogens with zero attached hydrogens (tertiary/aromatic N) is 3. The lowest BCUT2D eigenvalue weighted by Gasteiger charge is -2.25. The quantitative estimate of drug-likeness (QED) is 0.476. The number of aromatic nitrogens is 4. The highest BCUT2D eigenvalue weighted by molar-refractivity contribution is 6.30. The third kappa shape index (κ3) is 4.95. The fraction of sp³-hybridized carbons (Fsp3) is 0.364. The van der Waals surface area contributed by atoms with Crippen molar-refractivity contribution in [2.24, 2.45) is 11.8 Å². The van der Waals surface area contributed by atoms with Crippen LogP contribution in [0.15, 0.2) is 42.6 Å². The zero-order valence-electron chi connectivity index (χ0n) is 17.8. The van der Waals surface area contributed by atoms with Gasteiger partial charge in [0.2, 0.25) is 11.9 Å². The number of carbonyl (C=O) groups is 1. The Morgan fingerprint density at radius 3 is 2.61 bits per heavy atom. The lowest BCUT2D eigenvalue weighted by Crippen LogP contribution is -2.32. The third-order valence-corrected chi connectivity index (χ3v) is 6.18. The van der Waals surface area contributed by atoms with Crippen molar-refractivity contribution in [1.82, 2.24) is 25.5 Å². The number of benzene rings is 1. The van der Waals surface area contributed by atoms with Gasteiger partial charge >= 0.3 is 6.18 Å². The molecule has 3 N–H and O–H groups in total. The van der Waals surface area contributed by atoms with Crippen LogP contribution in [0.25, 0.3) is 11.3 Å². The van der Waals surface area contributed by atoms with Crippen molar-refractivity contribution in [2.45, 2.75) is 32.0 Å². The van der Waals surface area contributed by atoms with E-state index in [-0.39, 0.29) is 24.2 Å². The molecule has 33 heavy (non-hydrogen) atoms. The second-order valence-corrected chi connectivity index (χ2v) is 8.54. The summed E-state index contributed by atoms with van der Waals surface area (Å²) in [6.07, 6.45) is -2.97. The Bertz CT molecular complexity index is 1130. The normalized spacial score (nSPS) is 20.4. The van der Waals surface area contributed by atoms with E-state index in [9.17, 15) is 18.0 Å². The van der Waals surface area contributed by atoms with E-state index in [1.54, 1.807) is 12.1 Å². The van der Waals surface area contributed by atoms with Crippen LogP contribution in [0.2, 0.25) is 5.02 Å². The first-order valence-electron chi connectivity index (χ1n) is 10.4. The Balaban J connectivity index is 1.51. The highest BCUT2D eigenvalue weighted by Crippen LogP contribution is 2.41. The summed E-state index contributed by atoms with van der Waals surface area (Å²) in [4.78, 5) is 20.9. The summed E-state index contributed by atoms with van der Waals surface area (Å²) in [6.45, 7) is 2.91. The number of alkyl halides is 3. The molecule has 3 aromatic rings. The molecule has 1 aliphatic heterocycles. The molecule has 1 amide bonds. The first kappa shape index (κ1) is 23.0. The molecule has 1 aliphatic rings. The van der Waals surface area contributed by atoms with Gasteiger partial charge in [-0.3, -0.25) is 9.89 Å². The number of hydrogen-bond acceptors (Lipinski definition) is 5. The van der Waals surface area contributed by atoms with Gasteiger partial charge in [-0.1, -0.05) is 30.7 Å². The lowest BCUT2D eigenvalue weighted by atomic mass is 9.82. The zero-order chi connectivity index (χ0) is 23.8. The number of anilines is 1. The first-order valence-corrected chi connectivity index (χ1v) is 10.8. The molecule has 0 spiro atoms. The summed E-state index contributed by atoms with van der Waals surface area (Å²) < 4.78 is 39.9. The molecule has 0 radical (unpaired) electrons. The zero-order valence-corrected chi connectivity index (χ0v) is 18.6. The molecule has 7 nitrogen and oxygen atoms in total. The SMILES string of the molecule is CC(C1CNC(=O)C1c1ccnc(N[C@@H](C)c2cc(-c3ccc(Cl)cc3)n[nH]2)n1)C(F)(F)F. The van der Waals surface area contributed by atoms with Crippen molar-refractivity contribution in [3.05, 3.63) is 59.0 Å². The summed E-state index contributed by atoms with van der Waals surface area (Å²) in [5.41, 5.74) is 2.64. The molecule has 2 aromatic heterocycles. The van der Waals surface area contributed by atoms with E-state index in [1.165, 1.54) is 12.3 Å². The maximum atomic E-state index is 13.3. The topological polar surface area (TPSA) is 95.6 Å². The molecule has 1 fully saturated rings. The van der Waals surface area contributed by atoms with Crippen molar-refractivity contribution in [3.8, 4) is 11.3 Å². The minimum atomic E-state index is -4.40. The minimum absolute atomic E-state index is 0.0467. The largest absolute Gasteiger partial charge is 0.391 e. The van der Waals surface area contributed by atoms with Gasteiger partial charge in [0.25, 0.3) is 0 Å². The highest BCUT2D eigenvalue weighted by Gasteiger charge is 2.49. The van der Waals surface area contributed by atoms with Crippen LogP contribution in [0.3, 0.4) is 0 Å². The smallest absolute Gasteiger partial charge is 0.355 e. The first-order chi connectivity index (χ1) is 15.6. The molecule has 3 heterocycles. The summed E-state index contributed by atoms with van der Waals surface area (Å²) in [7, 11) is 0. The van der Waals surface area contributed by atoms with Gasteiger partial charge in [0.05, 0.1) is 35.0 Å². The van der Waals surface area contributed by atoms with Crippen LogP contribution in [0.1, 0.15) is 37.2 Å². The second-order valence-electron chi connectivity index (χ2n) is 8.10. The van der Waals surface area contributed by atoms with Gasteiger partial charge in [-0.05, 0) is 31.2 Å². The molecule has 0 aliphatic carbocycles. The number of nitrogens with one attached hydrogen (secondary N) is 3. The fourth-order valence-electron chi connectivity index (χ4n) is 3.92. The van der Waals surface area contributed by atoms with Gasteiger partial charge < -0.3 is 10.6 Å². The van der Waals surface area contributed by atoms with E-state index in [2.05, 4.69) is 30.8 Å². The van der Waals surface area contributed by atoms with Crippen LogP contribution < -0.4 is 10.6 Å². The Morgan fingerprint density at radius 1 is 1.18 bits per heavy atom. The van der Waals surface area contributed by atoms with Crippen molar-refractivity contribution in [2.75, 3.05) is 11.9 Å². The number of rotatable bonds is 6. The number of halogens is 4. The van der Waals surface area contributed by atoms with Gasteiger partial charge in [-0.2, -0.15) is 18.3 Å². The van der Waals surface area contributed by atoms with E-state index in [4.69, 9.17) is 11.6 Å². The predicted octanol–water partition coefficient (Wildman–Crippen LogP) is 4.72. The molecule has 174 valence electrons. The summed E-state index contributed by atoms with van der Waals surface area (Å²) in [6, 6.07) is 10.3. The molecule has 1 aromatic carbocycles. The molecular formula is C22H22ClF3N6O. The van der Waals surface area contributed by atoms with Crippen LogP contribution in [-0.4, -0.2) is 38.8 Å². The standard InChI is InChI=1S/C22H22ClF3N6O/c1-11(22(24,25)26)15-10-28-20(33)19(15)16-7-8-27-21(30-16)29-12(2)17-9-18(32-31-17)13-3-5-14(23)6-4-13/h3-9,11-12,15,19H,10H2,1-2H3,(H,28,33)(H,31,32)(H,27,29,30)/t11?,12-,15?,19?/m0/s1. The number of amides is 1.